The van der Waals surface area contributed by atoms with Gasteiger partial charge in [0.2, 0.25) is 0 Å². The van der Waals surface area contributed by atoms with Gasteiger partial charge >= 0.3 is 0 Å². The fourth-order valence-corrected chi connectivity index (χ4v) is 3.92. The Morgan fingerprint density at radius 2 is 1.75 bits per heavy atom. The molecule has 0 aliphatic carbocycles. The van der Waals surface area contributed by atoms with E-state index in [0.717, 1.165) is 41.8 Å². The third-order valence-corrected chi connectivity index (χ3v) is 5.79. The van der Waals surface area contributed by atoms with Crippen molar-refractivity contribution in [3.63, 3.8) is 0 Å². The molecular formula is C27H26ClN3O. The number of amides is 1. The van der Waals surface area contributed by atoms with Gasteiger partial charge in [0.05, 0.1) is 11.2 Å². The van der Waals surface area contributed by atoms with Crippen LogP contribution in [0.2, 0.25) is 5.02 Å². The topological polar surface area (TPSA) is 45.2 Å². The lowest BCUT2D eigenvalue weighted by molar-refractivity contribution is 0.102. The predicted molar refractivity (Wildman–Crippen MR) is 133 cm³/mol. The molecule has 0 spiro atoms. The molecule has 5 heteroatoms. The Labute approximate surface area is 193 Å². The lowest BCUT2D eigenvalue weighted by Crippen LogP contribution is -2.21. The molecule has 3 aromatic carbocycles. The van der Waals surface area contributed by atoms with E-state index in [9.17, 15) is 4.79 Å². The minimum Gasteiger partial charge on any atom is -0.322 e. The van der Waals surface area contributed by atoms with E-state index in [1.807, 2.05) is 30.3 Å². The summed E-state index contributed by atoms with van der Waals surface area (Å²) in [5.74, 6) is -0.197. The van der Waals surface area contributed by atoms with Crippen molar-refractivity contribution < 1.29 is 4.79 Å². The van der Waals surface area contributed by atoms with Crippen LogP contribution in [-0.4, -0.2) is 28.9 Å². The van der Waals surface area contributed by atoms with E-state index in [0.29, 0.717) is 16.3 Å². The molecule has 0 unspecified atom stereocenters. The first-order chi connectivity index (χ1) is 15.6. The van der Waals surface area contributed by atoms with Crippen molar-refractivity contribution in [1.82, 2.24) is 9.88 Å². The Bertz CT molecular complexity index is 1250. The van der Waals surface area contributed by atoms with Crippen LogP contribution in [0, 0.1) is 0 Å². The van der Waals surface area contributed by atoms with Crippen molar-refractivity contribution in [2.45, 2.75) is 20.4 Å². The minimum atomic E-state index is -0.197. The molecule has 4 rings (SSSR count). The van der Waals surface area contributed by atoms with Gasteiger partial charge < -0.3 is 5.32 Å². The van der Waals surface area contributed by atoms with Crippen LogP contribution in [0.3, 0.4) is 0 Å². The van der Waals surface area contributed by atoms with E-state index in [1.54, 1.807) is 24.3 Å². The number of carbonyl (C=O) groups is 1. The first-order valence-electron chi connectivity index (χ1n) is 10.8. The van der Waals surface area contributed by atoms with Gasteiger partial charge in [-0.3, -0.25) is 9.69 Å². The number of fused-ring (bicyclic) bond motifs is 1. The highest BCUT2D eigenvalue weighted by Gasteiger charge is 2.09. The summed E-state index contributed by atoms with van der Waals surface area (Å²) in [6.45, 7) is 7.39. The van der Waals surface area contributed by atoms with Crippen molar-refractivity contribution in [3.05, 3.63) is 95.0 Å². The van der Waals surface area contributed by atoms with Gasteiger partial charge in [-0.2, -0.15) is 0 Å². The minimum absolute atomic E-state index is 0.197. The number of anilines is 1. The summed E-state index contributed by atoms with van der Waals surface area (Å²) in [7, 11) is 0. The van der Waals surface area contributed by atoms with Gasteiger partial charge in [-0.15, -0.1) is 0 Å². The van der Waals surface area contributed by atoms with Gasteiger partial charge in [0.1, 0.15) is 0 Å². The molecule has 1 aromatic heterocycles. The first-order valence-corrected chi connectivity index (χ1v) is 11.2. The van der Waals surface area contributed by atoms with Crippen molar-refractivity contribution in [1.29, 1.82) is 0 Å². The smallest absolute Gasteiger partial charge is 0.255 e. The van der Waals surface area contributed by atoms with Gasteiger partial charge in [-0.1, -0.05) is 55.8 Å². The van der Waals surface area contributed by atoms with E-state index >= 15 is 0 Å². The van der Waals surface area contributed by atoms with Crippen LogP contribution < -0.4 is 5.32 Å². The maximum absolute atomic E-state index is 12.6. The molecule has 0 radical (unpaired) electrons. The second-order valence-electron chi connectivity index (χ2n) is 7.73. The molecule has 0 saturated heterocycles. The van der Waals surface area contributed by atoms with Gasteiger partial charge in [-0.25, -0.2) is 4.98 Å². The van der Waals surface area contributed by atoms with Crippen molar-refractivity contribution in [2.75, 3.05) is 18.4 Å². The van der Waals surface area contributed by atoms with Crippen LogP contribution in [0.15, 0.2) is 78.9 Å². The maximum Gasteiger partial charge on any atom is 0.255 e. The zero-order valence-corrected chi connectivity index (χ0v) is 19.1. The average Bonchev–Trinajstić information content (AvgIpc) is 2.82. The number of nitrogens with one attached hydrogen (secondary N) is 1. The van der Waals surface area contributed by atoms with E-state index < -0.39 is 0 Å². The Balaban J connectivity index is 1.55. The second kappa shape index (κ2) is 9.94. The predicted octanol–water partition coefficient (Wildman–Crippen LogP) is 6.65. The largest absolute Gasteiger partial charge is 0.322 e. The zero-order chi connectivity index (χ0) is 22.5. The number of hydrogen-bond acceptors (Lipinski definition) is 3. The summed E-state index contributed by atoms with van der Waals surface area (Å²) >= 11 is 6.00. The standard InChI is InChI=1S/C27H26ClN3O/c1-3-31(4-2)18-19-11-13-25-21(15-19)12-14-26(30-25)20-7-6-10-24(17-20)29-27(32)22-8-5-9-23(28)16-22/h5-17H,3-4,18H2,1-2H3,(H,29,32). The third kappa shape index (κ3) is 5.16. The average molecular weight is 444 g/mol. The normalized spacial score (nSPS) is 11.1. The van der Waals surface area contributed by atoms with Gasteiger partial charge in [0.15, 0.2) is 0 Å². The number of aromatic nitrogens is 1. The van der Waals surface area contributed by atoms with E-state index in [2.05, 4.69) is 48.3 Å². The quantitative estimate of drug-likeness (QED) is 0.347. The lowest BCUT2D eigenvalue weighted by atomic mass is 10.1. The van der Waals surface area contributed by atoms with Gasteiger partial charge in [0.25, 0.3) is 5.91 Å². The van der Waals surface area contributed by atoms with Crippen LogP contribution >= 0.6 is 11.6 Å². The number of carbonyl (C=O) groups excluding carboxylic acids is 1. The number of rotatable bonds is 7. The molecule has 162 valence electrons. The number of halogens is 1. The molecule has 32 heavy (non-hydrogen) atoms. The van der Waals surface area contributed by atoms with Gasteiger partial charge in [-0.05, 0) is 67.2 Å². The molecule has 4 aromatic rings. The summed E-state index contributed by atoms with van der Waals surface area (Å²) in [5, 5.41) is 4.60. The highest BCUT2D eigenvalue weighted by atomic mass is 35.5. The van der Waals surface area contributed by atoms with Crippen molar-refractivity contribution in [3.8, 4) is 11.3 Å². The van der Waals surface area contributed by atoms with Crippen LogP contribution in [0.4, 0.5) is 5.69 Å². The van der Waals surface area contributed by atoms with E-state index in [4.69, 9.17) is 16.6 Å². The van der Waals surface area contributed by atoms with Gasteiger partial charge in [0, 0.05) is 33.8 Å². The molecular weight excluding hydrogens is 418 g/mol. The molecule has 0 aliphatic rings. The maximum atomic E-state index is 12.6. The molecule has 0 aliphatic heterocycles. The molecule has 1 heterocycles. The van der Waals surface area contributed by atoms with Crippen LogP contribution in [0.1, 0.15) is 29.8 Å². The second-order valence-corrected chi connectivity index (χ2v) is 8.17. The SMILES string of the molecule is CCN(CC)Cc1ccc2nc(-c3cccc(NC(=O)c4cccc(Cl)c4)c3)ccc2c1. The van der Waals surface area contributed by atoms with Crippen LogP contribution in [0.25, 0.3) is 22.2 Å². The van der Waals surface area contributed by atoms with Crippen LogP contribution in [-0.2, 0) is 6.54 Å². The molecule has 4 nitrogen and oxygen atoms in total. The van der Waals surface area contributed by atoms with E-state index in [-0.39, 0.29) is 5.91 Å². The lowest BCUT2D eigenvalue weighted by Gasteiger charge is -2.18. The van der Waals surface area contributed by atoms with Crippen molar-refractivity contribution >= 4 is 34.1 Å². The highest BCUT2D eigenvalue weighted by Crippen LogP contribution is 2.25. The fourth-order valence-electron chi connectivity index (χ4n) is 3.73. The summed E-state index contributed by atoms with van der Waals surface area (Å²) in [6.07, 6.45) is 0. The number of benzene rings is 3. The third-order valence-electron chi connectivity index (χ3n) is 5.56. The monoisotopic (exact) mass is 443 g/mol. The number of hydrogen-bond donors (Lipinski definition) is 1. The number of pyridine rings is 1. The molecule has 0 bridgehead atoms. The molecule has 1 amide bonds. The Hall–Kier alpha value is -3.21. The molecule has 1 N–H and O–H groups in total. The summed E-state index contributed by atoms with van der Waals surface area (Å²) < 4.78 is 0. The Morgan fingerprint density at radius 3 is 2.53 bits per heavy atom. The van der Waals surface area contributed by atoms with Crippen molar-refractivity contribution in [2.24, 2.45) is 0 Å². The first kappa shape index (κ1) is 22.0. The summed E-state index contributed by atoms with van der Waals surface area (Å²) in [5.41, 5.74) is 5.30. The van der Waals surface area contributed by atoms with E-state index in [1.165, 1.54) is 5.56 Å². The zero-order valence-electron chi connectivity index (χ0n) is 18.3. The number of nitrogens with zero attached hydrogens (tertiary/aromatic N) is 2. The molecule has 0 atom stereocenters. The van der Waals surface area contributed by atoms with Crippen LogP contribution in [0.5, 0.6) is 0 Å². The summed E-state index contributed by atoms with van der Waals surface area (Å²) in [6, 6.07) is 25.2. The summed E-state index contributed by atoms with van der Waals surface area (Å²) in [4.78, 5) is 19.8. The molecule has 0 saturated carbocycles. The Morgan fingerprint density at radius 1 is 0.938 bits per heavy atom. The Kier molecular flexibility index (Phi) is 6.84. The fraction of sp³-hybridized carbons (Fsp3) is 0.185. The highest BCUT2D eigenvalue weighted by molar-refractivity contribution is 6.31. The molecule has 0 fully saturated rings.